The molecule has 94 valence electrons. The predicted octanol–water partition coefficient (Wildman–Crippen LogP) is 0.0284. The summed E-state index contributed by atoms with van der Waals surface area (Å²) in [5.74, 6) is -0.540. The first-order valence-electron chi connectivity index (χ1n) is 5.04. The van der Waals surface area contributed by atoms with Gasteiger partial charge in [-0.1, -0.05) is 0 Å². The van der Waals surface area contributed by atoms with Gasteiger partial charge in [-0.25, -0.2) is 22.8 Å². The van der Waals surface area contributed by atoms with Crippen molar-refractivity contribution < 1.29 is 17.5 Å². The quantitative estimate of drug-likeness (QED) is 0.767. The Balaban J connectivity index is 1.96. The second-order valence-corrected chi connectivity index (χ2v) is 5.82. The number of hydrogen-bond donors (Lipinski definition) is 0. The molecule has 1 atom stereocenters. The van der Waals surface area contributed by atoms with Gasteiger partial charge in [0.1, 0.15) is 6.10 Å². The van der Waals surface area contributed by atoms with E-state index in [9.17, 15) is 12.8 Å². The summed E-state index contributed by atoms with van der Waals surface area (Å²) >= 11 is 0. The number of nitrogens with zero attached hydrogens (tertiary/aromatic N) is 3. The Labute approximate surface area is 98.5 Å². The van der Waals surface area contributed by atoms with Crippen LogP contribution in [0.25, 0.3) is 0 Å². The largest absolute Gasteiger partial charge is 0.459 e. The van der Waals surface area contributed by atoms with E-state index in [-0.39, 0.29) is 18.7 Å². The molecule has 0 amide bonds. The summed E-state index contributed by atoms with van der Waals surface area (Å²) < 4.78 is 41.8. The molecule has 0 spiro atoms. The van der Waals surface area contributed by atoms with Crippen molar-refractivity contribution in [3.05, 3.63) is 18.2 Å². The van der Waals surface area contributed by atoms with Gasteiger partial charge in [0.2, 0.25) is 10.0 Å². The van der Waals surface area contributed by atoms with E-state index in [1.165, 1.54) is 4.31 Å². The SMILES string of the molecule is CS(=O)(=O)N1CC[C@@H](Oc2ncc(F)cn2)C1. The number of ether oxygens (including phenoxy) is 1. The van der Waals surface area contributed by atoms with E-state index < -0.39 is 15.8 Å². The number of hydrogen-bond acceptors (Lipinski definition) is 5. The van der Waals surface area contributed by atoms with E-state index in [2.05, 4.69) is 9.97 Å². The van der Waals surface area contributed by atoms with Gasteiger partial charge >= 0.3 is 6.01 Å². The summed E-state index contributed by atoms with van der Waals surface area (Å²) in [6, 6.07) is 0.0618. The Morgan fingerprint density at radius 3 is 2.65 bits per heavy atom. The topological polar surface area (TPSA) is 72.4 Å². The maximum absolute atomic E-state index is 12.6. The van der Waals surface area contributed by atoms with Gasteiger partial charge in [0, 0.05) is 6.54 Å². The molecule has 8 heteroatoms. The second-order valence-electron chi connectivity index (χ2n) is 3.83. The average Bonchev–Trinajstić information content (AvgIpc) is 2.69. The number of sulfonamides is 1. The first-order valence-corrected chi connectivity index (χ1v) is 6.89. The zero-order chi connectivity index (χ0) is 12.5. The highest BCUT2D eigenvalue weighted by atomic mass is 32.2. The molecule has 1 aliphatic heterocycles. The monoisotopic (exact) mass is 261 g/mol. The first-order chi connectivity index (χ1) is 7.95. The Morgan fingerprint density at radius 2 is 2.12 bits per heavy atom. The fourth-order valence-corrected chi connectivity index (χ4v) is 2.48. The number of rotatable bonds is 3. The minimum Gasteiger partial charge on any atom is -0.459 e. The fourth-order valence-electron chi connectivity index (χ4n) is 1.61. The molecule has 17 heavy (non-hydrogen) atoms. The Hall–Kier alpha value is -1.28. The van der Waals surface area contributed by atoms with E-state index in [1.54, 1.807) is 0 Å². The maximum atomic E-state index is 12.6. The van der Waals surface area contributed by atoms with Crippen molar-refractivity contribution in [2.24, 2.45) is 0 Å². The van der Waals surface area contributed by atoms with Gasteiger partial charge in [-0.15, -0.1) is 0 Å². The molecular weight excluding hydrogens is 249 g/mol. The lowest BCUT2D eigenvalue weighted by atomic mass is 10.3. The van der Waals surface area contributed by atoms with Crippen LogP contribution < -0.4 is 4.74 Å². The number of aromatic nitrogens is 2. The normalized spacial score (nSPS) is 21.6. The van der Waals surface area contributed by atoms with Crippen molar-refractivity contribution in [1.82, 2.24) is 14.3 Å². The highest BCUT2D eigenvalue weighted by molar-refractivity contribution is 7.88. The molecule has 1 aromatic heterocycles. The minimum absolute atomic E-state index is 0.0618. The molecule has 1 saturated heterocycles. The van der Waals surface area contributed by atoms with Gasteiger partial charge in [-0.05, 0) is 6.42 Å². The lowest BCUT2D eigenvalue weighted by Gasteiger charge is -2.13. The van der Waals surface area contributed by atoms with E-state index in [1.807, 2.05) is 0 Å². The summed E-state index contributed by atoms with van der Waals surface area (Å²) in [4.78, 5) is 7.31. The van der Waals surface area contributed by atoms with Crippen molar-refractivity contribution in [1.29, 1.82) is 0 Å². The highest BCUT2D eigenvalue weighted by Crippen LogP contribution is 2.16. The van der Waals surface area contributed by atoms with E-state index in [0.29, 0.717) is 13.0 Å². The Bertz CT molecular complexity index is 491. The van der Waals surface area contributed by atoms with Gasteiger partial charge < -0.3 is 4.74 Å². The van der Waals surface area contributed by atoms with Crippen LogP contribution in [0.3, 0.4) is 0 Å². The van der Waals surface area contributed by atoms with Crippen LogP contribution in [0.15, 0.2) is 12.4 Å². The third-order valence-electron chi connectivity index (χ3n) is 2.45. The second kappa shape index (κ2) is 4.53. The van der Waals surface area contributed by atoms with Crippen LogP contribution in [0, 0.1) is 5.82 Å². The molecular formula is C9H12FN3O3S. The summed E-state index contributed by atoms with van der Waals surface area (Å²) in [7, 11) is -3.18. The zero-order valence-corrected chi connectivity index (χ0v) is 10.0. The lowest BCUT2D eigenvalue weighted by Crippen LogP contribution is -2.30. The third-order valence-corrected chi connectivity index (χ3v) is 3.72. The molecule has 1 fully saturated rings. The first kappa shape index (κ1) is 12.2. The molecule has 2 rings (SSSR count). The average molecular weight is 261 g/mol. The minimum atomic E-state index is -3.18. The van der Waals surface area contributed by atoms with E-state index in [4.69, 9.17) is 4.74 Å². The summed E-state index contributed by atoms with van der Waals surface area (Å²) in [5, 5.41) is 0. The van der Waals surface area contributed by atoms with Gasteiger partial charge in [-0.3, -0.25) is 0 Å². The molecule has 1 aliphatic rings. The Kier molecular flexibility index (Phi) is 3.25. The highest BCUT2D eigenvalue weighted by Gasteiger charge is 2.30. The van der Waals surface area contributed by atoms with Crippen molar-refractivity contribution in [2.45, 2.75) is 12.5 Å². The van der Waals surface area contributed by atoms with Crippen LogP contribution in [0.5, 0.6) is 6.01 Å². The molecule has 0 radical (unpaired) electrons. The maximum Gasteiger partial charge on any atom is 0.316 e. The summed E-state index contributed by atoms with van der Waals surface area (Å²) in [6.45, 7) is 0.699. The lowest BCUT2D eigenvalue weighted by molar-refractivity contribution is 0.197. The van der Waals surface area contributed by atoms with Crippen LogP contribution in [-0.2, 0) is 10.0 Å². The molecule has 0 aliphatic carbocycles. The molecule has 0 saturated carbocycles. The molecule has 1 aromatic rings. The van der Waals surface area contributed by atoms with Crippen molar-refractivity contribution in [3.63, 3.8) is 0 Å². The van der Waals surface area contributed by atoms with Crippen molar-refractivity contribution in [2.75, 3.05) is 19.3 Å². The van der Waals surface area contributed by atoms with Gasteiger partial charge in [0.05, 0.1) is 25.2 Å². The summed E-state index contributed by atoms with van der Waals surface area (Å²) in [6.07, 6.45) is 3.46. The smallest absolute Gasteiger partial charge is 0.316 e. The molecule has 6 nitrogen and oxygen atoms in total. The van der Waals surface area contributed by atoms with Crippen LogP contribution in [0.1, 0.15) is 6.42 Å². The van der Waals surface area contributed by atoms with E-state index in [0.717, 1.165) is 18.6 Å². The van der Waals surface area contributed by atoms with Gasteiger partial charge in [0.25, 0.3) is 0 Å². The fraction of sp³-hybridized carbons (Fsp3) is 0.556. The standard InChI is InChI=1S/C9H12FN3O3S/c1-17(14,15)13-3-2-8(6-13)16-9-11-4-7(10)5-12-9/h4-5,8H,2-3,6H2,1H3/t8-/m1/s1. The van der Waals surface area contributed by atoms with Gasteiger partial charge in [-0.2, -0.15) is 4.31 Å². The number of halogens is 1. The molecule has 2 heterocycles. The molecule has 0 bridgehead atoms. The van der Waals surface area contributed by atoms with Crippen LogP contribution in [0.4, 0.5) is 4.39 Å². The van der Waals surface area contributed by atoms with Crippen molar-refractivity contribution in [3.8, 4) is 6.01 Å². The third kappa shape index (κ3) is 3.10. The molecule has 0 aromatic carbocycles. The zero-order valence-electron chi connectivity index (χ0n) is 9.21. The van der Waals surface area contributed by atoms with Crippen LogP contribution >= 0.6 is 0 Å². The molecule has 0 unspecified atom stereocenters. The summed E-state index contributed by atoms with van der Waals surface area (Å²) in [5.41, 5.74) is 0. The van der Waals surface area contributed by atoms with E-state index >= 15 is 0 Å². The van der Waals surface area contributed by atoms with Crippen LogP contribution in [0.2, 0.25) is 0 Å². The predicted molar refractivity (Wildman–Crippen MR) is 57.4 cm³/mol. The Morgan fingerprint density at radius 1 is 1.47 bits per heavy atom. The van der Waals surface area contributed by atoms with Crippen LogP contribution in [-0.4, -0.2) is 48.1 Å². The van der Waals surface area contributed by atoms with Crippen molar-refractivity contribution >= 4 is 10.0 Å². The van der Waals surface area contributed by atoms with Gasteiger partial charge in [0.15, 0.2) is 5.82 Å². The molecule has 0 N–H and O–H groups in total.